The fourth-order valence-corrected chi connectivity index (χ4v) is 4.73. The van der Waals surface area contributed by atoms with Gasteiger partial charge in [0.2, 0.25) is 5.91 Å². The summed E-state index contributed by atoms with van der Waals surface area (Å²) in [6.07, 6.45) is 3.00. The molecule has 5 rings (SSSR count). The Morgan fingerprint density at radius 2 is 1.77 bits per heavy atom. The standard InChI is InChI=1S/C27H26ClN5O2/c28-22-9-4-8-20(16-22)17-30-26(34)21-11-14-32(15-12-21)25-27(35)33(18-19-6-2-1-3-7-19)24-23(31-25)10-5-13-29-24/h1-10,13,16,21H,11-12,14-15,17-18H2,(H,30,34). The summed E-state index contributed by atoms with van der Waals surface area (Å²) < 4.78 is 1.69. The van der Waals surface area contributed by atoms with E-state index in [0.29, 0.717) is 61.0 Å². The Balaban J connectivity index is 1.31. The highest BCUT2D eigenvalue weighted by Crippen LogP contribution is 2.22. The van der Waals surface area contributed by atoms with Crippen molar-refractivity contribution < 1.29 is 4.79 Å². The van der Waals surface area contributed by atoms with E-state index in [2.05, 4.69) is 15.3 Å². The maximum atomic E-state index is 13.5. The predicted molar refractivity (Wildman–Crippen MR) is 138 cm³/mol. The minimum absolute atomic E-state index is 0.0294. The number of nitrogens with zero attached hydrogens (tertiary/aromatic N) is 4. The molecule has 7 nitrogen and oxygen atoms in total. The number of amides is 1. The van der Waals surface area contributed by atoms with Gasteiger partial charge in [-0.25, -0.2) is 9.97 Å². The van der Waals surface area contributed by atoms with Crippen molar-refractivity contribution in [3.63, 3.8) is 0 Å². The van der Waals surface area contributed by atoms with E-state index in [0.717, 1.165) is 11.1 Å². The highest BCUT2D eigenvalue weighted by molar-refractivity contribution is 6.30. The molecule has 1 aliphatic rings. The van der Waals surface area contributed by atoms with Crippen molar-refractivity contribution in [2.24, 2.45) is 5.92 Å². The van der Waals surface area contributed by atoms with Crippen molar-refractivity contribution in [2.45, 2.75) is 25.9 Å². The third-order valence-electron chi connectivity index (χ3n) is 6.39. The topological polar surface area (TPSA) is 80.1 Å². The Labute approximate surface area is 208 Å². The van der Waals surface area contributed by atoms with E-state index in [1.54, 1.807) is 10.8 Å². The second-order valence-corrected chi connectivity index (χ2v) is 9.20. The summed E-state index contributed by atoms with van der Waals surface area (Å²) >= 11 is 6.03. The van der Waals surface area contributed by atoms with Gasteiger partial charge in [0.25, 0.3) is 5.56 Å². The van der Waals surface area contributed by atoms with Gasteiger partial charge in [-0.1, -0.05) is 54.1 Å². The zero-order valence-electron chi connectivity index (χ0n) is 19.2. The number of carbonyl (C=O) groups is 1. The quantitative estimate of drug-likeness (QED) is 0.444. The molecule has 1 amide bonds. The summed E-state index contributed by atoms with van der Waals surface area (Å²) in [6.45, 7) is 2.05. The Bertz CT molecular complexity index is 1400. The number of rotatable bonds is 6. The van der Waals surface area contributed by atoms with Crippen LogP contribution in [0.5, 0.6) is 0 Å². The summed E-state index contributed by atoms with van der Waals surface area (Å²) in [5.41, 5.74) is 3.08. The average molecular weight is 488 g/mol. The zero-order valence-corrected chi connectivity index (χ0v) is 20.0. The van der Waals surface area contributed by atoms with Gasteiger partial charge in [-0.2, -0.15) is 0 Å². The van der Waals surface area contributed by atoms with E-state index in [9.17, 15) is 9.59 Å². The van der Waals surface area contributed by atoms with E-state index < -0.39 is 0 Å². The monoisotopic (exact) mass is 487 g/mol. The number of aromatic nitrogens is 3. The lowest BCUT2D eigenvalue weighted by molar-refractivity contribution is -0.125. The van der Waals surface area contributed by atoms with Crippen LogP contribution in [0.3, 0.4) is 0 Å². The molecule has 35 heavy (non-hydrogen) atoms. The molecule has 2 aromatic heterocycles. The minimum atomic E-state index is -0.163. The number of piperidine rings is 1. The van der Waals surface area contributed by atoms with E-state index in [1.165, 1.54) is 0 Å². The van der Waals surface area contributed by atoms with Gasteiger partial charge in [-0.3, -0.25) is 14.2 Å². The molecule has 0 unspecified atom stereocenters. The Kier molecular flexibility index (Phi) is 6.77. The van der Waals surface area contributed by atoms with Gasteiger partial charge < -0.3 is 10.2 Å². The first-order valence-electron chi connectivity index (χ1n) is 11.7. The molecule has 1 fully saturated rings. The second-order valence-electron chi connectivity index (χ2n) is 8.77. The van der Waals surface area contributed by atoms with Crippen LogP contribution in [0.1, 0.15) is 24.0 Å². The minimum Gasteiger partial charge on any atom is -0.352 e. The summed E-state index contributed by atoms with van der Waals surface area (Å²) in [4.78, 5) is 37.4. The lowest BCUT2D eigenvalue weighted by Crippen LogP contribution is -2.43. The number of pyridine rings is 1. The molecule has 0 atom stereocenters. The molecule has 8 heteroatoms. The molecular formula is C27H26ClN5O2. The molecule has 3 heterocycles. The molecule has 178 valence electrons. The first-order chi connectivity index (χ1) is 17.1. The average Bonchev–Trinajstić information content (AvgIpc) is 2.89. The molecular weight excluding hydrogens is 462 g/mol. The van der Waals surface area contributed by atoms with Gasteiger partial charge in [-0.05, 0) is 48.2 Å². The highest BCUT2D eigenvalue weighted by Gasteiger charge is 2.27. The number of benzene rings is 2. The van der Waals surface area contributed by atoms with Crippen LogP contribution in [-0.2, 0) is 17.9 Å². The van der Waals surface area contributed by atoms with E-state index in [-0.39, 0.29) is 17.4 Å². The molecule has 1 aliphatic heterocycles. The van der Waals surface area contributed by atoms with E-state index in [4.69, 9.17) is 11.6 Å². The number of halogens is 1. The number of hydrogen-bond donors (Lipinski definition) is 1. The summed E-state index contributed by atoms with van der Waals surface area (Å²) in [6, 6.07) is 21.0. The van der Waals surface area contributed by atoms with Crippen molar-refractivity contribution >= 4 is 34.5 Å². The van der Waals surface area contributed by atoms with Crippen molar-refractivity contribution in [1.29, 1.82) is 0 Å². The molecule has 0 bridgehead atoms. The SMILES string of the molecule is O=C(NCc1cccc(Cl)c1)C1CCN(c2nc3cccnc3n(Cc3ccccc3)c2=O)CC1. The van der Waals surface area contributed by atoms with Crippen molar-refractivity contribution in [1.82, 2.24) is 19.9 Å². The van der Waals surface area contributed by atoms with Crippen LogP contribution in [0, 0.1) is 5.92 Å². The van der Waals surface area contributed by atoms with Crippen LogP contribution in [0.4, 0.5) is 5.82 Å². The Hall–Kier alpha value is -3.71. The molecule has 0 saturated carbocycles. The molecule has 0 radical (unpaired) electrons. The Morgan fingerprint density at radius 3 is 2.54 bits per heavy atom. The number of nitrogens with one attached hydrogen (secondary N) is 1. The molecule has 1 saturated heterocycles. The molecule has 0 aliphatic carbocycles. The number of hydrogen-bond acceptors (Lipinski definition) is 5. The first kappa shape index (κ1) is 23.1. The summed E-state index contributed by atoms with van der Waals surface area (Å²) in [5.74, 6) is 0.347. The summed E-state index contributed by atoms with van der Waals surface area (Å²) in [5, 5.41) is 3.67. The molecule has 1 N–H and O–H groups in total. The fraction of sp³-hybridized carbons (Fsp3) is 0.259. The van der Waals surface area contributed by atoms with Gasteiger partial charge >= 0.3 is 0 Å². The molecule has 2 aromatic carbocycles. The van der Waals surface area contributed by atoms with Crippen LogP contribution in [0.15, 0.2) is 77.7 Å². The number of anilines is 1. The van der Waals surface area contributed by atoms with Crippen LogP contribution < -0.4 is 15.8 Å². The third kappa shape index (κ3) is 5.20. The predicted octanol–water partition coefficient (Wildman–Crippen LogP) is 4.03. The lowest BCUT2D eigenvalue weighted by atomic mass is 9.96. The maximum absolute atomic E-state index is 13.5. The molecule has 0 spiro atoms. The van der Waals surface area contributed by atoms with Crippen LogP contribution in [0.25, 0.3) is 11.2 Å². The number of fused-ring (bicyclic) bond motifs is 1. The third-order valence-corrected chi connectivity index (χ3v) is 6.62. The van der Waals surface area contributed by atoms with Gasteiger partial charge in [0.1, 0.15) is 5.52 Å². The van der Waals surface area contributed by atoms with Gasteiger partial charge in [0.15, 0.2) is 11.5 Å². The van der Waals surface area contributed by atoms with Crippen LogP contribution in [0.2, 0.25) is 5.02 Å². The molecule has 4 aromatic rings. The second kappa shape index (κ2) is 10.3. The van der Waals surface area contributed by atoms with Gasteiger partial charge in [0.05, 0.1) is 6.54 Å². The van der Waals surface area contributed by atoms with Gasteiger partial charge in [0, 0.05) is 36.8 Å². The smallest absolute Gasteiger partial charge is 0.295 e. The lowest BCUT2D eigenvalue weighted by Gasteiger charge is -2.32. The fourth-order valence-electron chi connectivity index (χ4n) is 4.52. The zero-order chi connectivity index (χ0) is 24.2. The summed E-state index contributed by atoms with van der Waals surface area (Å²) in [7, 11) is 0. The number of carbonyl (C=O) groups excluding carboxylic acids is 1. The van der Waals surface area contributed by atoms with Crippen molar-refractivity contribution in [3.05, 3.63) is 99.4 Å². The maximum Gasteiger partial charge on any atom is 0.295 e. The highest BCUT2D eigenvalue weighted by atomic mass is 35.5. The van der Waals surface area contributed by atoms with Crippen molar-refractivity contribution in [2.75, 3.05) is 18.0 Å². The van der Waals surface area contributed by atoms with Crippen LogP contribution >= 0.6 is 11.6 Å². The van der Waals surface area contributed by atoms with E-state index in [1.807, 2.05) is 71.6 Å². The largest absolute Gasteiger partial charge is 0.352 e. The normalized spacial score (nSPS) is 14.3. The first-order valence-corrected chi connectivity index (χ1v) is 12.1. The van der Waals surface area contributed by atoms with E-state index >= 15 is 0 Å². The van der Waals surface area contributed by atoms with Gasteiger partial charge in [-0.15, -0.1) is 0 Å². The van der Waals surface area contributed by atoms with Crippen LogP contribution in [-0.4, -0.2) is 33.5 Å². The van der Waals surface area contributed by atoms with Crippen molar-refractivity contribution in [3.8, 4) is 0 Å². The Morgan fingerprint density at radius 1 is 1.00 bits per heavy atom.